The van der Waals surface area contributed by atoms with Gasteiger partial charge in [-0.1, -0.05) is 6.07 Å². The van der Waals surface area contributed by atoms with Gasteiger partial charge in [0.05, 0.1) is 5.69 Å². The molecule has 1 aromatic carbocycles. The molecule has 1 N–H and O–H groups in total. The lowest BCUT2D eigenvalue weighted by Crippen LogP contribution is -2.13. The van der Waals surface area contributed by atoms with Crippen LogP contribution in [0.4, 0.5) is 4.39 Å². The van der Waals surface area contributed by atoms with Crippen molar-refractivity contribution < 1.29 is 9.13 Å². The van der Waals surface area contributed by atoms with Crippen LogP contribution in [-0.2, 0) is 6.61 Å². The molecule has 0 aliphatic carbocycles. The number of nitrogens with one attached hydrogen (secondary N) is 1. The van der Waals surface area contributed by atoms with Gasteiger partial charge in [0.25, 0.3) is 5.56 Å². The van der Waals surface area contributed by atoms with E-state index in [1.807, 2.05) is 18.2 Å². The van der Waals surface area contributed by atoms with E-state index < -0.39 is 5.95 Å². The number of benzene rings is 1. The number of ether oxygens (including phenoxy) is 1. The average Bonchev–Trinajstić information content (AvgIpc) is 2.93. The molecule has 5 nitrogen and oxygen atoms in total. The first kappa shape index (κ1) is 11.9. The van der Waals surface area contributed by atoms with E-state index in [9.17, 15) is 9.18 Å². The maximum absolute atomic E-state index is 13.0. The monoisotopic (exact) mass is 283 g/mol. The third-order valence-electron chi connectivity index (χ3n) is 3.45. The van der Waals surface area contributed by atoms with E-state index in [1.165, 1.54) is 16.8 Å². The minimum absolute atomic E-state index is 0.194. The van der Waals surface area contributed by atoms with Crippen LogP contribution >= 0.6 is 0 Å². The van der Waals surface area contributed by atoms with Crippen LogP contribution in [0.15, 0.2) is 47.4 Å². The molecule has 21 heavy (non-hydrogen) atoms. The first-order chi connectivity index (χ1) is 10.2. The average molecular weight is 283 g/mol. The van der Waals surface area contributed by atoms with Crippen molar-refractivity contribution in [3.05, 3.63) is 64.5 Å². The number of pyridine rings is 1. The van der Waals surface area contributed by atoms with Gasteiger partial charge in [-0.3, -0.25) is 9.78 Å². The summed E-state index contributed by atoms with van der Waals surface area (Å²) in [5, 5.41) is 3.75. The lowest BCUT2D eigenvalue weighted by Gasteiger charge is -2.20. The van der Waals surface area contributed by atoms with Gasteiger partial charge >= 0.3 is 0 Å². The highest BCUT2D eigenvalue weighted by Crippen LogP contribution is 2.35. The number of fused-ring (bicyclic) bond motifs is 3. The second-order valence-corrected chi connectivity index (χ2v) is 4.78. The van der Waals surface area contributed by atoms with Crippen LogP contribution in [0.2, 0.25) is 0 Å². The minimum atomic E-state index is -0.521. The second kappa shape index (κ2) is 4.31. The second-order valence-electron chi connectivity index (χ2n) is 4.78. The van der Waals surface area contributed by atoms with Crippen LogP contribution < -0.4 is 10.3 Å². The van der Waals surface area contributed by atoms with Crippen LogP contribution in [0.1, 0.15) is 5.56 Å². The SMILES string of the molecule is O=c1ccc2c([nH]1)OCc1cc(-n3ccc(F)n3)ccc1-2. The van der Waals surface area contributed by atoms with Gasteiger partial charge in [-0.05, 0) is 29.3 Å². The van der Waals surface area contributed by atoms with Crippen LogP contribution in [0, 0.1) is 5.95 Å². The number of hydrogen-bond donors (Lipinski definition) is 1. The van der Waals surface area contributed by atoms with E-state index in [2.05, 4.69) is 10.1 Å². The molecule has 0 unspecified atom stereocenters. The number of hydrogen-bond acceptors (Lipinski definition) is 3. The Labute approximate surface area is 118 Å². The summed E-state index contributed by atoms with van der Waals surface area (Å²) >= 11 is 0. The van der Waals surface area contributed by atoms with E-state index in [0.717, 1.165) is 22.4 Å². The lowest BCUT2D eigenvalue weighted by molar-refractivity contribution is 0.289. The van der Waals surface area contributed by atoms with E-state index in [0.29, 0.717) is 12.5 Å². The molecule has 1 aliphatic heterocycles. The molecule has 3 heterocycles. The largest absolute Gasteiger partial charge is 0.474 e. The van der Waals surface area contributed by atoms with Gasteiger partial charge in [0.2, 0.25) is 11.8 Å². The summed E-state index contributed by atoms with van der Waals surface area (Å²) in [6, 6.07) is 10.2. The summed E-state index contributed by atoms with van der Waals surface area (Å²) in [6.07, 6.45) is 1.56. The van der Waals surface area contributed by atoms with Gasteiger partial charge in [-0.15, -0.1) is 5.10 Å². The van der Waals surface area contributed by atoms with E-state index in [-0.39, 0.29) is 5.56 Å². The summed E-state index contributed by atoms with van der Waals surface area (Å²) in [7, 11) is 0. The number of halogens is 1. The Bertz CT molecular complexity index is 898. The van der Waals surface area contributed by atoms with Gasteiger partial charge in [-0.2, -0.15) is 4.39 Å². The fourth-order valence-electron chi connectivity index (χ4n) is 2.48. The maximum Gasteiger partial charge on any atom is 0.250 e. The molecule has 6 heteroatoms. The number of aromatic nitrogens is 3. The molecule has 0 saturated carbocycles. The van der Waals surface area contributed by atoms with Crippen molar-refractivity contribution in [2.45, 2.75) is 6.61 Å². The van der Waals surface area contributed by atoms with E-state index >= 15 is 0 Å². The van der Waals surface area contributed by atoms with Crippen molar-refractivity contribution in [1.29, 1.82) is 0 Å². The first-order valence-corrected chi connectivity index (χ1v) is 6.42. The lowest BCUT2D eigenvalue weighted by atomic mass is 9.98. The van der Waals surface area contributed by atoms with Crippen molar-refractivity contribution in [2.24, 2.45) is 0 Å². The molecule has 1 aliphatic rings. The third-order valence-corrected chi connectivity index (χ3v) is 3.45. The number of nitrogens with zero attached hydrogens (tertiary/aromatic N) is 2. The van der Waals surface area contributed by atoms with Gasteiger partial charge in [-0.25, -0.2) is 4.68 Å². The fourth-order valence-corrected chi connectivity index (χ4v) is 2.48. The molecule has 0 spiro atoms. The highest BCUT2D eigenvalue weighted by molar-refractivity contribution is 5.74. The minimum Gasteiger partial charge on any atom is -0.474 e. The Kier molecular flexibility index (Phi) is 2.44. The Morgan fingerprint density at radius 1 is 1.19 bits per heavy atom. The fraction of sp³-hybridized carbons (Fsp3) is 0.0667. The van der Waals surface area contributed by atoms with Crippen molar-refractivity contribution in [3.8, 4) is 22.7 Å². The summed E-state index contributed by atoms with van der Waals surface area (Å²) < 4.78 is 20.0. The molecule has 2 aromatic heterocycles. The summed E-state index contributed by atoms with van der Waals surface area (Å²) in [5.74, 6) is -0.0419. The Morgan fingerprint density at radius 2 is 2.05 bits per heavy atom. The maximum atomic E-state index is 13.0. The zero-order valence-corrected chi connectivity index (χ0v) is 10.8. The normalized spacial score (nSPS) is 12.4. The summed E-state index contributed by atoms with van der Waals surface area (Å²) in [5.41, 5.74) is 3.36. The van der Waals surface area contributed by atoms with Crippen molar-refractivity contribution in [1.82, 2.24) is 14.8 Å². The quantitative estimate of drug-likeness (QED) is 0.745. The standard InChI is InChI=1S/C15H10FN3O2/c16-13-5-6-19(18-13)10-1-2-11-9(7-10)8-21-15-12(11)3-4-14(20)17-15/h1-7H,8H2,(H,17,20). The predicted octanol–water partition coefficient (Wildman–Crippen LogP) is 2.26. The smallest absolute Gasteiger partial charge is 0.250 e. The topological polar surface area (TPSA) is 59.9 Å². The molecular weight excluding hydrogens is 273 g/mol. The number of aromatic amines is 1. The highest BCUT2D eigenvalue weighted by Gasteiger charge is 2.18. The van der Waals surface area contributed by atoms with Gasteiger partial charge in [0.15, 0.2) is 0 Å². The summed E-state index contributed by atoms with van der Waals surface area (Å²) in [4.78, 5) is 14.0. The Morgan fingerprint density at radius 3 is 2.86 bits per heavy atom. The molecular formula is C15H10FN3O2. The van der Waals surface area contributed by atoms with E-state index in [4.69, 9.17) is 4.74 Å². The molecule has 0 atom stereocenters. The molecule has 0 saturated heterocycles. The molecule has 4 rings (SSSR count). The van der Waals surface area contributed by atoms with Crippen molar-refractivity contribution in [2.75, 3.05) is 0 Å². The van der Waals surface area contributed by atoms with Gasteiger partial charge in [0, 0.05) is 23.9 Å². The Hall–Kier alpha value is -2.89. The zero-order chi connectivity index (χ0) is 14.4. The van der Waals surface area contributed by atoms with Crippen LogP contribution in [-0.4, -0.2) is 14.8 Å². The molecule has 0 fully saturated rings. The van der Waals surface area contributed by atoms with Crippen LogP contribution in [0.25, 0.3) is 16.8 Å². The molecule has 104 valence electrons. The summed E-state index contributed by atoms with van der Waals surface area (Å²) in [6.45, 7) is 0.347. The van der Waals surface area contributed by atoms with Gasteiger partial charge in [0.1, 0.15) is 6.61 Å². The van der Waals surface area contributed by atoms with Crippen LogP contribution in [0.5, 0.6) is 5.88 Å². The highest BCUT2D eigenvalue weighted by atomic mass is 19.1. The zero-order valence-electron chi connectivity index (χ0n) is 10.8. The molecule has 0 radical (unpaired) electrons. The molecule has 3 aromatic rings. The van der Waals surface area contributed by atoms with Crippen LogP contribution in [0.3, 0.4) is 0 Å². The third kappa shape index (κ3) is 1.92. The Balaban J connectivity index is 1.84. The first-order valence-electron chi connectivity index (χ1n) is 6.42. The number of H-pyrrole nitrogens is 1. The van der Waals surface area contributed by atoms with Crippen molar-refractivity contribution in [3.63, 3.8) is 0 Å². The van der Waals surface area contributed by atoms with Gasteiger partial charge < -0.3 is 4.74 Å². The number of rotatable bonds is 1. The molecule has 0 amide bonds. The van der Waals surface area contributed by atoms with Crippen molar-refractivity contribution >= 4 is 0 Å². The van der Waals surface area contributed by atoms with E-state index in [1.54, 1.807) is 12.3 Å². The molecule has 0 bridgehead atoms. The predicted molar refractivity (Wildman–Crippen MR) is 73.9 cm³/mol.